The molecule has 0 aliphatic carbocycles. The minimum Gasteiger partial charge on any atom is -0.346 e. The van der Waals surface area contributed by atoms with Crippen LogP contribution in [0.3, 0.4) is 0 Å². The number of Topliss-reactive ketones (excluding diaryl/α,β-unsaturated/α-hetero) is 1. The van der Waals surface area contributed by atoms with Crippen LogP contribution in [-0.4, -0.2) is 26.5 Å². The Morgan fingerprint density at radius 2 is 2.14 bits per heavy atom. The second-order valence-corrected chi connectivity index (χ2v) is 6.49. The second kappa shape index (κ2) is 6.83. The SMILES string of the molecule is CC(=O)c1cc(CC(=O)N[C@H](c2ncnn2C)C(C)C)cs1. The van der Waals surface area contributed by atoms with E-state index in [1.165, 1.54) is 24.6 Å². The second-order valence-electron chi connectivity index (χ2n) is 5.58. The van der Waals surface area contributed by atoms with Crippen molar-refractivity contribution in [3.8, 4) is 0 Å². The number of hydrogen-bond donors (Lipinski definition) is 1. The summed E-state index contributed by atoms with van der Waals surface area (Å²) in [6.45, 7) is 5.58. The van der Waals surface area contributed by atoms with E-state index in [0.717, 1.165) is 11.4 Å². The number of nitrogens with zero attached hydrogens (tertiary/aromatic N) is 3. The molecule has 0 bridgehead atoms. The van der Waals surface area contributed by atoms with Crippen molar-refractivity contribution in [1.82, 2.24) is 20.1 Å². The molecule has 1 atom stereocenters. The van der Waals surface area contributed by atoms with Crippen LogP contribution in [-0.2, 0) is 18.3 Å². The number of carbonyl (C=O) groups excluding carboxylic acids is 2. The van der Waals surface area contributed by atoms with E-state index in [4.69, 9.17) is 0 Å². The summed E-state index contributed by atoms with van der Waals surface area (Å²) in [6, 6.07) is 1.59. The highest BCUT2D eigenvalue weighted by molar-refractivity contribution is 7.12. The molecule has 6 nitrogen and oxygen atoms in total. The Bertz CT molecular complexity index is 675. The molecule has 0 spiro atoms. The number of rotatable bonds is 6. The Morgan fingerprint density at radius 3 is 2.64 bits per heavy atom. The molecule has 118 valence electrons. The lowest BCUT2D eigenvalue weighted by Gasteiger charge is -2.21. The fourth-order valence-corrected chi connectivity index (χ4v) is 2.99. The zero-order chi connectivity index (χ0) is 16.3. The van der Waals surface area contributed by atoms with Crippen molar-refractivity contribution in [2.75, 3.05) is 0 Å². The standard InChI is InChI=1S/C15H20N4O2S/c1-9(2)14(15-16-8-17-19(15)4)18-13(21)6-11-5-12(10(3)20)22-7-11/h5,7-9,14H,6H2,1-4H3,(H,18,21)/t14-/m0/s1. The summed E-state index contributed by atoms with van der Waals surface area (Å²) in [7, 11) is 1.81. The molecule has 0 unspecified atom stereocenters. The number of nitrogens with one attached hydrogen (secondary N) is 1. The van der Waals surface area contributed by atoms with Gasteiger partial charge in [0.05, 0.1) is 17.3 Å². The van der Waals surface area contributed by atoms with Gasteiger partial charge in [0.25, 0.3) is 0 Å². The normalized spacial score (nSPS) is 12.4. The molecule has 0 aliphatic heterocycles. The summed E-state index contributed by atoms with van der Waals surface area (Å²) < 4.78 is 1.67. The molecule has 0 fully saturated rings. The van der Waals surface area contributed by atoms with Crippen LogP contribution in [0, 0.1) is 5.92 Å². The van der Waals surface area contributed by atoms with E-state index in [0.29, 0.717) is 4.88 Å². The van der Waals surface area contributed by atoms with Crippen molar-refractivity contribution in [2.24, 2.45) is 13.0 Å². The summed E-state index contributed by atoms with van der Waals surface area (Å²) in [5, 5.41) is 8.91. The highest BCUT2D eigenvalue weighted by atomic mass is 32.1. The van der Waals surface area contributed by atoms with Crippen molar-refractivity contribution in [3.63, 3.8) is 0 Å². The number of carbonyl (C=O) groups is 2. The highest BCUT2D eigenvalue weighted by Gasteiger charge is 2.22. The molecule has 1 amide bonds. The first-order valence-corrected chi connectivity index (χ1v) is 7.98. The Balaban J connectivity index is 2.05. The van der Waals surface area contributed by atoms with E-state index in [2.05, 4.69) is 15.4 Å². The Kier molecular flexibility index (Phi) is 5.07. The van der Waals surface area contributed by atoms with Gasteiger partial charge in [0.15, 0.2) is 5.78 Å². The van der Waals surface area contributed by atoms with E-state index in [-0.39, 0.29) is 30.1 Å². The minimum atomic E-state index is -0.189. The fourth-order valence-electron chi connectivity index (χ4n) is 2.18. The van der Waals surface area contributed by atoms with Gasteiger partial charge in [0, 0.05) is 7.05 Å². The average Bonchev–Trinajstić information content (AvgIpc) is 3.05. The molecule has 22 heavy (non-hydrogen) atoms. The van der Waals surface area contributed by atoms with Crippen LogP contribution < -0.4 is 5.32 Å². The molecule has 2 aromatic heterocycles. The third-order valence-corrected chi connectivity index (χ3v) is 4.45. The monoisotopic (exact) mass is 320 g/mol. The number of amides is 1. The van der Waals surface area contributed by atoms with Crippen molar-refractivity contribution in [1.29, 1.82) is 0 Å². The van der Waals surface area contributed by atoms with Crippen LogP contribution in [0.1, 0.15) is 47.9 Å². The average molecular weight is 320 g/mol. The van der Waals surface area contributed by atoms with Crippen LogP contribution in [0.4, 0.5) is 0 Å². The molecular formula is C15H20N4O2S. The van der Waals surface area contributed by atoms with Crippen molar-refractivity contribution < 1.29 is 9.59 Å². The van der Waals surface area contributed by atoms with Gasteiger partial charge in [-0.25, -0.2) is 4.98 Å². The molecule has 2 rings (SSSR count). The Hall–Kier alpha value is -2.02. The van der Waals surface area contributed by atoms with E-state index in [1.807, 2.05) is 26.3 Å². The zero-order valence-electron chi connectivity index (χ0n) is 13.2. The quantitative estimate of drug-likeness (QED) is 0.827. The summed E-state index contributed by atoms with van der Waals surface area (Å²) in [5.41, 5.74) is 0.855. The van der Waals surface area contributed by atoms with Gasteiger partial charge in [0.1, 0.15) is 12.2 Å². The lowest BCUT2D eigenvalue weighted by molar-refractivity contribution is -0.121. The number of ketones is 1. The molecule has 0 aliphatic rings. The summed E-state index contributed by atoms with van der Waals surface area (Å²) in [4.78, 5) is 28.5. The molecule has 0 aromatic carbocycles. The van der Waals surface area contributed by atoms with Crippen LogP contribution in [0.5, 0.6) is 0 Å². The maximum Gasteiger partial charge on any atom is 0.225 e. The van der Waals surface area contributed by atoms with Gasteiger partial charge in [-0.05, 0) is 29.9 Å². The molecule has 0 radical (unpaired) electrons. The Morgan fingerprint density at radius 1 is 1.41 bits per heavy atom. The van der Waals surface area contributed by atoms with E-state index in [1.54, 1.807) is 10.7 Å². The summed E-state index contributed by atoms with van der Waals surface area (Å²) >= 11 is 1.37. The third-order valence-electron chi connectivity index (χ3n) is 3.37. The molecular weight excluding hydrogens is 300 g/mol. The third kappa shape index (κ3) is 3.79. The highest BCUT2D eigenvalue weighted by Crippen LogP contribution is 2.20. The van der Waals surface area contributed by atoms with Gasteiger partial charge in [-0.3, -0.25) is 14.3 Å². The predicted molar refractivity (Wildman–Crippen MR) is 84.8 cm³/mol. The lowest BCUT2D eigenvalue weighted by Crippen LogP contribution is -2.34. The zero-order valence-corrected chi connectivity index (χ0v) is 14.0. The van der Waals surface area contributed by atoms with Crippen LogP contribution in [0.2, 0.25) is 0 Å². The van der Waals surface area contributed by atoms with Crippen molar-refractivity contribution >= 4 is 23.0 Å². The minimum absolute atomic E-state index is 0.0239. The largest absolute Gasteiger partial charge is 0.346 e. The van der Waals surface area contributed by atoms with E-state index in [9.17, 15) is 9.59 Å². The maximum absolute atomic E-state index is 12.3. The molecule has 1 N–H and O–H groups in total. The van der Waals surface area contributed by atoms with Crippen LogP contribution in [0.15, 0.2) is 17.8 Å². The van der Waals surface area contributed by atoms with Gasteiger partial charge in [-0.2, -0.15) is 5.10 Å². The summed E-state index contributed by atoms with van der Waals surface area (Å²) in [5.74, 6) is 0.866. The lowest BCUT2D eigenvalue weighted by atomic mass is 10.0. The maximum atomic E-state index is 12.3. The van der Waals surface area contributed by atoms with Gasteiger partial charge in [0.2, 0.25) is 5.91 Å². The van der Waals surface area contributed by atoms with E-state index < -0.39 is 0 Å². The first kappa shape index (κ1) is 16.4. The molecule has 0 saturated carbocycles. The van der Waals surface area contributed by atoms with Gasteiger partial charge < -0.3 is 5.32 Å². The van der Waals surface area contributed by atoms with Gasteiger partial charge in [-0.15, -0.1) is 11.3 Å². The predicted octanol–water partition coefficient (Wildman–Crippen LogP) is 2.14. The number of thiophene rings is 1. The number of aryl methyl sites for hydroxylation is 1. The van der Waals surface area contributed by atoms with Gasteiger partial charge >= 0.3 is 0 Å². The number of aromatic nitrogens is 3. The first-order chi connectivity index (χ1) is 10.4. The summed E-state index contributed by atoms with van der Waals surface area (Å²) in [6.07, 6.45) is 1.74. The Labute approximate surface area is 133 Å². The van der Waals surface area contributed by atoms with Crippen molar-refractivity contribution in [2.45, 2.75) is 33.2 Å². The van der Waals surface area contributed by atoms with Crippen molar-refractivity contribution in [3.05, 3.63) is 34.0 Å². The fraction of sp³-hybridized carbons (Fsp3) is 0.467. The smallest absolute Gasteiger partial charge is 0.225 e. The molecule has 2 heterocycles. The molecule has 7 heteroatoms. The molecule has 0 saturated heterocycles. The van der Waals surface area contributed by atoms with Crippen LogP contribution >= 0.6 is 11.3 Å². The van der Waals surface area contributed by atoms with E-state index >= 15 is 0 Å². The van der Waals surface area contributed by atoms with Crippen LogP contribution in [0.25, 0.3) is 0 Å². The number of hydrogen-bond acceptors (Lipinski definition) is 5. The molecule has 2 aromatic rings. The first-order valence-electron chi connectivity index (χ1n) is 7.10. The topological polar surface area (TPSA) is 76.9 Å². The van der Waals surface area contributed by atoms with Gasteiger partial charge in [-0.1, -0.05) is 13.8 Å².